The Labute approximate surface area is 116 Å². The summed E-state index contributed by atoms with van der Waals surface area (Å²) in [5.41, 5.74) is 0.811. The Morgan fingerprint density at radius 1 is 1.30 bits per heavy atom. The van der Waals surface area contributed by atoms with Gasteiger partial charge in [-0.25, -0.2) is 4.79 Å². The number of hydrogen-bond donors (Lipinski definition) is 1. The van der Waals surface area contributed by atoms with Crippen molar-refractivity contribution in [1.29, 1.82) is 0 Å². The van der Waals surface area contributed by atoms with E-state index in [1.165, 1.54) is 12.1 Å². The lowest BCUT2D eigenvalue weighted by molar-refractivity contribution is 0.0696. The van der Waals surface area contributed by atoms with Crippen molar-refractivity contribution in [2.45, 2.75) is 13.5 Å². The molecule has 0 bridgehead atoms. The van der Waals surface area contributed by atoms with Gasteiger partial charge in [-0.15, -0.1) is 0 Å². The van der Waals surface area contributed by atoms with Gasteiger partial charge in [-0.05, 0) is 31.2 Å². The van der Waals surface area contributed by atoms with Gasteiger partial charge in [0.25, 0.3) is 5.56 Å². The number of aryl methyl sites for hydroxylation is 1. The van der Waals surface area contributed by atoms with Crippen molar-refractivity contribution in [3.8, 4) is 5.75 Å². The number of pyridine rings is 1. The third kappa shape index (κ3) is 3.26. The van der Waals surface area contributed by atoms with Crippen molar-refractivity contribution < 1.29 is 14.6 Å². The van der Waals surface area contributed by atoms with Gasteiger partial charge in [-0.2, -0.15) is 0 Å². The summed E-state index contributed by atoms with van der Waals surface area (Å²) in [5, 5.41) is 8.88. The van der Waals surface area contributed by atoms with Crippen LogP contribution in [0.25, 0.3) is 0 Å². The van der Waals surface area contributed by atoms with Crippen LogP contribution in [0.5, 0.6) is 5.75 Å². The molecule has 2 aromatic rings. The van der Waals surface area contributed by atoms with E-state index in [4.69, 9.17) is 9.84 Å². The molecular formula is C15H15NO4. The third-order valence-electron chi connectivity index (χ3n) is 2.89. The predicted molar refractivity (Wildman–Crippen MR) is 74.3 cm³/mol. The van der Waals surface area contributed by atoms with Gasteiger partial charge in [-0.3, -0.25) is 4.79 Å². The highest BCUT2D eigenvalue weighted by molar-refractivity contribution is 5.87. The van der Waals surface area contributed by atoms with Crippen molar-refractivity contribution in [2.75, 3.05) is 6.61 Å². The fourth-order valence-corrected chi connectivity index (χ4v) is 1.81. The monoisotopic (exact) mass is 273 g/mol. The minimum Gasteiger partial charge on any atom is -0.492 e. The fraction of sp³-hybridized carbons (Fsp3) is 0.200. The third-order valence-corrected chi connectivity index (χ3v) is 2.89. The van der Waals surface area contributed by atoms with Gasteiger partial charge in [0.2, 0.25) is 0 Å². The Morgan fingerprint density at radius 2 is 2.10 bits per heavy atom. The highest BCUT2D eigenvalue weighted by Gasteiger charge is 2.04. The highest BCUT2D eigenvalue weighted by atomic mass is 16.5. The predicted octanol–water partition coefficient (Wildman–Crippen LogP) is 1.93. The summed E-state index contributed by atoms with van der Waals surface area (Å²) < 4.78 is 7.04. The fourth-order valence-electron chi connectivity index (χ4n) is 1.81. The summed E-state index contributed by atoms with van der Waals surface area (Å²) in [6, 6.07) is 9.84. The molecule has 1 N–H and O–H groups in total. The van der Waals surface area contributed by atoms with Crippen molar-refractivity contribution >= 4 is 5.97 Å². The minimum absolute atomic E-state index is 0.0459. The van der Waals surface area contributed by atoms with E-state index in [-0.39, 0.29) is 11.1 Å². The van der Waals surface area contributed by atoms with E-state index in [1.54, 1.807) is 35.9 Å². The van der Waals surface area contributed by atoms with E-state index < -0.39 is 5.97 Å². The molecule has 1 aromatic carbocycles. The maximum absolute atomic E-state index is 11.8. The van der Waals surface area contributed by atoms with E-state index in [0.29, 0.717) is 24.5 Å². The molecule has 2 rings (SSSR count). The molecule has 0 aliphatic carbocycles. The molecule has 5 heteroatoms. The largest absolute Gasteiger partial charge is 0.492 e. The number of ether oxygens (including phenoxy) is 1. The minimum atomic E-state index is -0.995. The number of nitrogens with zero attached hydrogens (tertiary/aromatic N) is 1. The quantitative estimate of drug-likeness (QED) is 0.903. The molecule has 0 atom stereocenters. The topological polar surface area (TPSA) is 68.5 Å². The first kappa shape index (κ1) is 13.9. The van der Waals surface area contributed by atoms with Crippen molar-refractivity contribution in [3.63, 3.8) is 0 Å². The second-order valence-corrected chi connectivity index (χ2v) is 4.37. The second-order valence-electron chi connectivity index (χ2n) is 4.37. The van der Waals surface area contributed by atoms with Crippen LogP contribution in [0.1, 0.15) is 15.9 Å². The summed E-state index contributed by atoms with van der Waals surface area (Å²) in [6.07, 6.45) is 1.70. The van der Waals surface area contributed by atoms with Crippen LogP contribution in [0.15, 0.2) is 47.4 Å². The maximum Gasteiger partial charge on any atom is 0.335 e. The molecule has 0 fully saturated rings. The number of carboxylic acids is 1. The van der Waals surface area contributed by atoms with Gasteiger partial charge in [0.1, 0.15) is 12.4 Å². The summed E-state index contributed by atoms with van der Waals surface area (Å²) in [5.74, 6) is -0.518. The molecule has 0 saturated carbocycles. The smallest absolute Gasteiger partial charge is 0.335 e. The van der Waals surface area contributed by atoms with Gasteiger partial charge in [-0.1, -0.05) is 12.1 Å². The van der Waals surface area contributed by atoms with Crippen LogP contribution in [0, 0.1) is 6.92 Å². The summed E-state index contributed by atoms with van der Waals surface area (Å²) >= 11 is 0. The first-order valence-corrected chi connectivity index (χ1v) is 6.20. The Morgan fingerprint density at radius 3 is 2.85 bits per heavy atom. The average Bonchev–Trinajstić information content (AvgIpc) is 2.44. The molecule has 0 amide bonds. The summed E-state index contributed by atoms with van der Waals surface area (Å²) in [7, 11) is 0. The number of benzene rings is 1. The molecule has 0 spiro atoms. The number of rotatable bonds is 5. The van der Waals surface area contributed by atoms with Crippen LogP contribution in [-0.4, -0.2) is 22.2 Å². The standard InChI is InChI=1S/C15H15NO4/c1-11-4-3-7-16(14(11)17)8-9-20-13-6-2-5-12(10-13)15(18)19/h2-7,10H,8-9H2,1H3,(H,18,19). The summed E-state index contributed by atoms with van der Waals surface area (Å²) in [4.78, 5) is 22.6. The van der Waals surface area contributed by atoms with Crippen molar-refractivity contribution in [3.05, 3.63) is 64.1 Å². The van der Waals surface area contributed by atoms with Crippen LogP contribution in [0.4, 0.5) is 0 Å². The molecule has 1 aromatic heterocycles. The van der Waals surface area contributed by atoms with Crippen molar-refractivity contribution in [1.82, 2.24) is 4.57 Å². The molecule has 1 heterocycles. The zero-order chi connectivity index (χ0) is 14.5. The molecular weight excluding hydrogens is 258 g/mol. The van der Waals surface area contributed by atoms with Crippen molar-refractivity contribution in [2.24, 2.45) is 0 Å². The molecule has 5 nitrogen and oxygen atoms in total. The van der Waals surface area contributed by atoms with Crippen LogP contribution in [0.2, 0.25) is 0 Å². The van der Waals surface area contributed by atoms with E-state index in [9.17, 15) is 9.59 Å². The highest BCUT2D eigenvalue weighted by Crippen LogP contribution is 2.13. The Balaban J connectivity index is 1.99. The summed E-state index contributed by atoms with van der Waals surface area (Å²) in [6.45, 7) is 2.47. The van der Waals surface area contributed by atoms with E-state index in [2.05, 4.69) is 0 Å². The first-order valence-electron chi connectivity index (χ1n) is 6.20. The lowest BCUT2D eigenvalue weighted by Crippen LogP contribution is -2.23. The Bertz CT molecular complexity index is 676. The van der Waals surface area contributed by atoms with Gasteiger partial charge in [0.15, 0.2) is 0 Å². The number of carbonyl (C=O) groups is 1. The van der Waals surface area contributed by atoms with Gasteiger partial charge in [0, 0.05) is 11.8 Å². The van der Waals surface area contributed by atoms with Crippen LogP contribution in [0.3, 0.4) is 0 Å². The molecule has 0 radical (unpaired) electrons. The number of aromatic nitrogens is 1. The Kier molecular flexibility index (Phi) is 4.20. The first-order chi connectivity index (χ1) is 9.58. The number of carboxylic acid groups (broad SMARTS) is 1. The molecule has 0 aliphatic rings. The molecule has 0 saturated heterocycles. The zero-order valence-electron chi connectivity index (χ0n) is 11.1. The van der Waals surface area contributed by atoms with Gasteiger partial charge in [0.05, 0.1) is 12.1 Å². The average molecular weight is 273 g/mol. The van der Waals surface area contributed by atoms with E-state index >= 15 is 0 Å². The lowest BCUT2D eigenvalue weighted by atomic mass is 10.2. The maximum atomic E-state index is 11.8. The normalized spacial score (nSPS) is 10.2. The molecule has 0 unspecified atom stereocenters. The SMILES string of the molecule is Cc1cccn(CCOc2cccc(C(=O)O)c2)c1=O. The van der Waals surface area contributed by atoms with Crippen LogP contribution in [-0.2, 0) is 6.54 Å². The zero-order valence-corrected chi connectivity index (χ0v) is 11.1. The van der Waals surface area contributed by atoms with Crippen LogP contribution < -0.4 is 10.3 Å². The van der Waals surface area contributed by atoms with E-state index in [0.717, 1.165) is 0 Å². The number of hydrogen-bond acceptors (Lipinski definition) is 3. The van der Waals surface area contributed by atoms with Crippen LogP contribution >= 0.6 is 0 Å². The van der Waals surface area contributed by atoms with E-state index in [1.807, 2.05) is 6.07 Å². The number of aromatic carboxylic acids is 1. The van der Waals surface area contributed by atoms with Gasteiger partial charge < -0.3 is 14.4 Å². The molecule has 0 aliphatic heterocycles. The lowest BCUT2D eigenvalue weighted by Gasteiger charge is -2.09. The molecule has 104 valence electrons. The second kappa shape index (κ2) is 6.06. The Hall–Kier alpha value is -2.56. The van der Waals surface area contributed by atoms with Gasteiger partial charge >= 0.3 is 5.97 Å². The molecule has 20 heavy (non-hydrogen) atoms.